The summed E-state index contributed by atoms with van der Waals surface area (Å²) in [5.74, 6) is 0.775. The van der Waals surface area contributed by atoms with E-state index in [-0.39, 0.29) is 16.8 Å². The van der Waals surface area contributed by atoms with Crippen LogP contribution < -0.4 is 19.5 Å². The van der Waals surface area contributed by atoms with Crippen molar-refractivity contribution in [3.8, 4) is 11.5 Å². The van der Waals surface area contributed by atoms with Crippen LogP contribution in [-0.4, -0.2) is 38.5 Å². The third-order valence-corrected chi connectivity index (χ3v) is 5.82. The van der Waals surface area contributed by atoms with E-state index in [1.165, 1.54) is 37.5 Å². The number of aromatic nitrogens is 2. The van der Waals surface area contributed by atoms with Crippen molar-refractivity contribution in [1.29, 1.82) is 0 Å². The molecule has 9 nitrogen and oxygen atoms in total. The predicted octanol–water partition coefficient (Wildman–Crippen LogP) is 3.56. The highest BCUT2D eigenvalue weighted by molar-refractivity contribution is 7.92. The third-order valence-electron chi connectivity index (χ3n) is 4.47. The number of amides is 1. The maximum absolute atomic E-state index is 12.6. The fraction of sp³-hybridized carbons (Fsp3) is 0.174. The molecule has 0 spiro atoms. The number of rotatable bonds is 8. The van der Waals surface area contributed by atoms with E-state index in [1.54, 1.807) is 51.3 Å². The SMILES string of the molecule is COc1ccc(C=CC(=O)Nc2ccc(S(=O)(=O)Nc3nc(C)cc(C)n3)cc2)cc1OC. The zero-order valence-electron chi connectivity index (χ0n) is 18.6. The van der Waals surface area contributed by atoms with Gasteiger partial charge in [-0.15, -0.1) is 0 Å². The minimum atomic E-state index is -3.87. The number of benzene rings is 2. The molecule has 0 fully saturated rings. The van der Waals surface area contributed by atoms with Crippen LogP contribution in [0.1, 0.15) is 17.0 Å². The molecule has 0 bridgehead atoms. The molecule has 33 heavy (non-hydrogen) atoms. The van der Waals surface area contributed by atoms with Crippen molar-refractivity contribution in [2.45, 2.75) is 18.7 Å². The molecule has 0 aliphatic carbocycles. The molecule has 2 aromatic carbocycles. The van der Waals surface area contributed by atoms with Crippen molar-refractivity contribution < 1.29 is 22.7 Å². The first-order valence-corrected chi connectivity index (χ1v) is 11.3. The van der Waals surface area contributed by atoms with Gasteiger partial charge in [0.2, 0.25) is 11.9 Å². The summed E-state index contributed by atoms with van der Waals surface area (Å²) in [6, 6.07) is 12.8. The lowest BCUT2D eigenvalue weighted by Gasteiger charge is -2.09. The summed E-state index contributed by atoms with van der Waals surface area (Å²) in [6.07, 6.45) is 2.99. The van der Waals surface area contributed by atoms with Crippen LogP contribution in [0.25, 0.3) is 6.08 Å². The van der Waals surface area contributed by atoms with Crippen molar-refractivity contribution in [2.75, 3.05) is 24.3 Å². The molecule has 10 heteroatoms. The largest absolute Gasteiger partial charge is 0.493 e. The molecule has 0 saturated carbocycles. The summed E-state index contributed by atoms with van der Waals surface area (Å²) in [5.41, 5.74) is 2.50. The molecule has 0 aliphatic heterocycles. The molecule has 0 unspecified atom stereocenters. The van der Waals surface area contributed by atoms with Gasteiger partial charge < -0.3 is 14.8 Å². The van der Waals surface area contributed by atoms with E-state index < -0.39 is 10.0 Å². The summed E-state index contributed by atoms with van der Waals surface area (Å²) < 4.78 is 38.0. The second-order valence-corrected chi connectivity index (χ2v) is 8.72. The number of anilines is 2. The molecule has 0 atom stereocenters. The van der Waals surface area contributed by atoms with Crippen LogP contribution in [0.4, 0.5) is 11.6 Å². The minimum Gasteiger partial charge on any atom is -0.493 e. The van der Waals surface area contributed by atoms with Gasteiger partial charge in [-0.1, -0.05) is 6.07 Å². The lowest BCUT2D eigenvalue weighted by Crippen LogP contribution is -2.16. The minimum absolute atomic E-state index is 0.00480. The predicted molar refractivity (Wildman–Crippen MR) is 126 cm³/mol. The number of nitrogens with one attached hydrogen (secondary N) is 2. The number of methoxy groups -OCH3 is 2. The van der Waals surface area contributed by atoms with Gasteiger partial charge >= 0.3 is 0 Å². The fourth-order valence-electron chi connectivity index (χ4n) is 2.98. The molecule has 1 amide bonds. The zero-order chi connectivity index (χ0) is 24.0. The molecular formula is C23H24N4O5S. The maximum atomic E-state index is 12.6. The van der Waals surface area contributed by atoms with Gasteiger partial charge in [-0.2, -0.15) is 0 Å². The van der Waals surface area contributed by atoms with Crippen LogP contribution in [0.5, 0.6) is 11.5 Å². The van der Waals surface area contributed by atoms with Gasteiger partial charge in [0.1, 0.15) is 0 Å². The first kappa shape index (κ1) is 23.7. The summed E-state index contributed by atoms with van der Waals surface area (Å²) in [6.45, 7) is 3.51. The molecule has 0 saturated heterocycles. The highest BCUT2D eigenvalue weighted by Crippen LogP contribution is 2.28. The van der Waals surface area contributed by atoms with Crippen molar-refractivity contribution >= 4 is 33.6 Å². The zero-order valence-corrected chi connectivity index (χ0v) is 19.4. The number of carbonyl (C=O) groups excluding carboxylic acids is 1. The van der Waals surface area contributed by atoms with Crippen LogP contribution >= 0.6 is 0 Å². The fourth-order valence-corrected chi connectivity index (χ4v) is 3.92. The summed E-state index contributed by atoms with van der Waals surface area (Å²) in [4.78, 5) is 20.4. The monoisotopic (exact) mass is 468 g/mol. The van der Waals surface area contributed by atoms with Crippen LogP contribution in [0.3, 0.4) is 0 Å². The highest BCUT2D eigenvalue weighted by atomic mass is 32.2. The highest BCUT2D eigenvalue weighted by Gasteiger charge is 2.16. The van der Waals surface area contributed by atoms with Gasteiger partial charge in [0.05, 0.1) is 19.1 Å². The van der Waals surface area contributed by atoms with E-state index in [9.17, 15) is 13.2 Å². The lowest BCUT2D eigenvalue weighted by atomic mass is 10.2. The molecule has 172 valence electrons. The number of hydrogen-bond acceptors (Lipinski definition) is 7. The van der Waals surface area contributed by atoms with E-state index in [0.717, 1.165) is 5.56 Å². The third kappa shape index (κ3) is 6.30. The average Bonchev–Trinajstić information content (AvgIpc) is 2.76. The number of sulfonamides is 1. The summed E-state index contributed by atoms with van der Waals surface area (Å²) in [7, 11) is -0.794. The first-order valence-electron chi connectivity index (χ1n) is 9.86. The Labute approximate surface area is 192 Å². The van der Waals surface area contributed by atoms with Crippen LogP contribution in [-0.2, 0) is 14.8 Å². The molecule has 1 heterocycles. The van der Waals surface area contributed by atoms with Crippen LogP contribution in [0, 0.1) is 13.8 Å². The molecule has 3 rings (SSSR count). The molecule has 3 aromatic rings. The van der Waals surface area contributed by atoms with E-state index in [2.05, 4.69) is 20.0 Å². The molecule has 0 aliphatic rings. The Morgan fingerprint density at radius 3 is 2.15 bits per heavy atom. The lowest BCUT2D eigenvalue weighted by molar-refractivity contribution is -0.111. The number of ether oxygens (including phenoxy) is 2. The van der Waals surface area contributed by atoms with Crippen molar-refractivity contribution in [1.82, 2.24) is 9.97 Å². The van der Waals surface area contributed by atoms with Gasteiger partial charge in [-0.25, -0.2) is 23.1 Å². The van der Waals surface area contributed by atoms with Crippen molar-refractivity contribution in [3.05, 3.63) is 71.6 Å². The van der Waals surface area contributed by atoms with Gasteiger partial charge in [0, 0.05) is 23.2 Å². The quantitative estimate of drug-likeness (QED) is 0.485. The molecule has 0 radical (unpaired) electrons. The van der Waals surface area contributed by atoms with Gasteiger partial charge in [0.25, 0.3) is 10.0 Å². The van der Waals surface area contributed by atoms with Crippen LogP contribution in [0.2, 0.25) is 0 Å². The molecule has 2 N–H and O–H groups in total. The van der Waals surface area contributed by atoms with E-state index in [0.29, 0.717) is 28.6 Å². The standard InChI is InChI=1S/C23H24N4O5S/c1-15-13-16(2)25-23(24-15)27-33(29,30)19-9-7-18(8-10-19)26-22(28)12-6-17-5-11-20(31-3)21(14-17)32-4/h5-14H,1-4H3,(H,26,28)(H,24,25,27). The Morgan fingerprint density at radius 1 is 0.909 bits per heavy atom. The average molecular weight is 469 g/mol. The number of hydrogen-bond donors (Lipinski definition) is 2. The Morgan fingerprint density at radius 2 is 1.55 bits per heavy atom. The smallest absolute Gasteiger partial charge is 0.264 e. The Hall–Kier alpha value is -3.92. The molecular weight excluding hydrogens is 444 g/mol. The number of nitrogens with zero attached hydrogens (tertiary/aromatic N) is 2. The van der Waals surface area contributed by atoms with Gasteiger partial charge in [0.15, 0.2) is 11.5 Å². The van der Waals surface area contributed by atoms with Crippen LogP contribution in [0.15, 0.2) is 59.5 Å². The summed E-state index contributed by atoms with van der Waals surface area (Å²) in [5, 5.41) is 2.69. The topological polar surface area (TPSA) is 120 Å². The first-order chi connectivity index (χ1) is 15.7. The second kappa shape index (κ2) is 10.1. The van der Waals surface area contributed by atoms with E-state index in [1.807, 2.05) is 0 Å². The van der Waals surface area contributed by atoms with Crippen molar-refractivity contribution in [3.63, 3.8) is 0 Å². The summed E-state index contributed by atoms with van der Waals surface area (Å²) >= 11 is 0. The Kier molecular flexibility index (Phi) is 7.29. The normalized spacial score (nSPS) is 11.3. The van der Waals surface area contributed by atoms with E-state index >= 15 is 0 Å². The molecule has 1 aromatic heterocycles. The maximum Gasteiger partial charge on any atom is 0.264 e. The van der Waals surface area contributed by atoms with Crippen molar-refractivity contribution in [2.24, 2.45) is 0 Å². The Bertz CT molecular complexity index is 1270. The van der Waals surface area contributed by atoms with Gasteiger partial charge in [-0.3, -0.25) is 4.79 Å². The Balaban J connectivity index is 1.66. The second-order valence-electron chi connectivity index (χ2n) is 7.04. The number of aryl methyl sites for hydroxylation is 2. The number of carbonyl (C=O) groups is 1. The van der Waals surface area contributed by atoms with Gasteiger partial charge in [-0.05, 0) is 68.0 Å². The van der Waals surface area contributed by atoms with E-state index in [4.69, 9.17) is 9.47 Å².